The number of nitrogens with zero attached hydrogens (tertiary/aromatic N) is 2. The quantitative estimate of drug-likeness (QED) is 0.283. The van der Waals surface area contributed by atoms with Crippen LogP contribution in [0.1, 0.15) is 37.8 Å². The van der Waals surface area contributed by atoms with Gasteiger partial charge in [0.15, 0.2) is 5.96 Å². The van der Waals surface area contributed by atoms with Crippen molar-refractivity contribution in [1.29, 1.82) is 0 Å². The molecule has 7 nitrogen and oxygen atoms in total. The molecule has 168 valence electrons. The Balaban J connectivity index is 0.00000320. The molecule has 1 aliphatic heterocycles. The Morgan fingerprint density at radius 2 is 1.97 bits per heavy atom. The Morgan fingerprint density at radius 1 is 1.23 bits per heavy atom. The molecule has 1 aromatic carbocycles. The average molecular weight is 548 g/mol. The smallest absolute Gasteiger partial charge is 0.213 e. The highest BCUT2D eigenvalue weighted by Crippen LogP contribution is 2.22. The van der Waals surface area contributed by atoms with Gasteiger partial charge >= 0.3 is 0 Å². The minimum absolute atomic E-state index is 0. The number of guanidine groups is 1. The molecule has 0 bridgehead atoms. The maximum Gasteiger partial charge on any atom is 0.213 e. The first-order chi connectivity index (χ1) is 14.0. The molecule has 0 aliphatic carbocycles. The largest absolute Gasteiger partial charge is 0.361 e. The molecule has 1 aromatic heterocycles. The van der Waals surface area contributed by atoms with Crippen LogP contribution < -0.4 is 10.6 Å². The summed E-state index contributed by atoms with van der Waals surface area (Å²) in [5.41, 5.74) is 3.88. The highest BCUT2D eigenvalue weighted by atomic mass is 127. The molecule has 0 saturated carbocycles. The number of nitrogens with one attached hydrogen (secondary N) is 3. The summed E-state index contributed by atoms with van der Waals surface area (Å²) in [6, 6.07) is 6.71. The maximum atomic E-state index is 12.0. The minimum atomic E-state index is -3.08. The van der Waals surface area contributed by atoms with E-state index >= 15 is 0 Å². The lowest BCUT2D eigenvalue weighted by Gasteiger charge is -2.32. The zero-order chi connectivity index (χ0) is 20.9. The molecule has 1 fully saturated rings. The standard InChI is InChI=1S/C21H33N5O2S.HI/c1-4-16-7-6-8-19-17(15-24-20(16)19)9-12-23-21(22-3)25-18-10-13-26(14-11-18)29(27,28)5-2;/h6-8,15,18,24H,4-5,9-14H2,1-3H3,(H2,22,23,25);1H. The first kappa shape index (κ1) is 24.9. The van der Waals surface area contributed by atoms with E-state index in [1.807, 2.05) is 0 Å². The van der Waals surface area contributed by atoms with Crippen LogP contribution in [-0.2, 0) is 22.9 Å². The summed E-state index contributed by atoms with van der Waals surface area (Å²) in [6.45, 7) is 5.79. The Labute approximate surface area is 197 Å². The molecule has 3 rings (SSSR count). The normalized spacial score (nSPS) is 16.4. The number of hydrogen-bond donors (Lipinski definition) is 3. The van der Waals surface area contributed by atoms with Crippen LogP contribution in [0.25, 0.3) is 10.9 Å². The predicted molar refractivity (Wildman–Crippen MR) is 135 cm³/mol. The van der Waals surface area contributed by atoms with Gasteiger partial charge in [0.1, 0.15) is 0 Å². The van der Waals surface area contributed by atoms with Crippen molar-refractivity contribution in [3.63, 3.8) is 0 Å². The van der Waals surface area contributed by atoms with Gasteiger partial charge in [-0.2, -0.15) is 0 Å². The molecule has 2 heterocycles. The van der Waals surface area contributed by atoms with E-state index in [2.05, 4.69) is 51.9 Å². The summed E-state index contributed by atoms with van der Waals surface area (Å²) in [5.74, 6) is 0.943. The van der Waals surface area contributed by atoms with Gasteiger partial charge in [-0.3, -0.25) is 4.99 Å². The fourth-order valence-electron chi connectivity index (χ4n) is 3.94. The summed E-state index contributed by atoms with van der Waals surface area (Å²) < 4.78 is 25.6. The van der Waals surface area contributed by atoms with E-state index in [0.717, 1.165) is 38.2 Å². The lowest BCUT2D eigenvalue weighted by Crippen LogP contribution is -2.50. The molecule has 2 aromatic rings. The Morgan fingerprint density at radius 3 is 2.60 bits per heavy atom. The van der Waals surface area contributed by atoms with Gasteiger partial charge in [-0.05, 0) is 43.7 Å². The molecule has 0 spiro atoms. The SMILES string of the molecule is CCc1cccc2c(CCNC(=NC)NC3CCN(S(=O)(=O)CC)CC3)c[nH]c12.I. The van der Waals surface area contributed by atoms with Crippen LogP contribution in [0, 0.1) is 0 Å². The van der Waals surface area contributed by atoms with Crippen molar-refractivity contribution in [2.45, 2.75) is 45.6 Å². The van der Waals surface area contributed by atoms with Gasteiger partial charge in [-0.25, -0.2) is 12.7 Å². The van der Waals surface area contributed by atoms with E-state index in [4.69, 9.17) is 0 Å². The van der Waals surface area contributed by atoms with Gasteiger partial charge in [-0.1, -0.05) is 25.1 Å². The molecule has 0 unspecified atom stereocenters. The van der Waals surface area contributed by atoms with Crippen molar-refractivity contribution in [3.05, 3.63) is 35.5 Å². The number of H-pyrrole nitrogens is 1. The Hall–Kier alpha value is -1.33. The molecular weight excluding hydrogens is 513 g/mol. The zero-order valence-corrected chi connectivity index (χ0v) is 21.2. The number of rotatable bonds is 7. The Bertz CT molecular complexity index is 949. The summed E-state index contributed by atoms with van der Waals surface area (Å²) in [5, 5.41) is 8.13. The van der Waals surface area contributed by atoms with Crippen LogP contribution in [0.15, 0.2) is 29.4 Å². The highest BCUT2D eigenvalue weighted by molar-refractivity contribution is 14.0. The van der Waals surface area contributed by atoms with Crippen molar-refractivity contribution in [2.24, 2.45) is 4.99 Å². The van der Waals surface area contributed by atoms with Gasteiger partial charge in [0.2, 0.25) is 10.0 Å². The van der Waals surface area contributed by atoms with Crippen LogP contribution in [0.2, 0.25) is 0 Å². The van der Waals surface area contributed by atoms with Crippen molar-refractivity contribution in [3.8, 4) is 0 Å². The molecule has 3 N–H and O–H groups in total. The van der Waals surface area contributed by atoms with E-state index in [-0.39, 0.29) is 35.8 Å². The van der Waals surface area contributed by atoms with Crippen LogP contribution in [0.4, 0.5) is 0 Å². The van der Waals surface area contributed by atoms with E-state index in [1.54, 1.807) is 18.3 Å². The van der Waals surface area contributed by atoms with Crippen LogP contribution >= 0.6 is 24.0 Å². The van der Waals surface area contributed by atoms with Crippen LogP contribution in [0.5, 0.6) is 0 Å². The van der Waals surface area contributed by atoms with E-state index < -0.39 is 10.0 Å². The van der Waals surface area contributed by atoms with Gasteiger partial charge in [-0.15, -0.1) is 24.0 Å². The number of halogens is 1. The van der Waals surface area contributed by atoms with Crippen molar-refractivity contribution in [1.82, 2.24) is 19.9 Å². The first-order valence-electron chi connectivity index (χ1n) is 10.5. The molecule has 1 saturated heterocycles. The molecule has 30 heavy (non-hydrogen) atoms. The molecule has 9 heteroatoms. The molecular formula is C21H34IN5O2S. The van der Waals surface area contributed by atoms with Crippen molar-refractivity contribution >= 4 is 50.9 Å². The topological polar surface area (TPSA) is 89.6 Å². The third-order valence-electron chi connectivity index (χ3n) is 5.73. The average Bonchev–Trinajstić information content (AvgIpc) is 3.16. The lowest BCUT2D eigenvalue weighted by atomic mass is 10.1. The third-order valence-corrected chi connectivity index (χ3v) is 7.61. The number of aryl methyl sites for hydroxylation is 1. The van der Waals surface area contributed by atoms with Crippen LogP contribution in [0.3, 0.4) is 0 Å². The summed E-state index contributed by atoms with van der Waals surface area (Å²) in [7, 11) is -1.32. The number of fused-ring (bicyclic) bond motifs is 1. The monoisotopic (exact) mass is 547 g/mol. The van der Waals surface area contributed by atoms with Gasteiger partial charge in [0.25, 0.3) is 0 Å². The summed E-state index contributed by atoms with van der Waals surface area (Å²) in [4.78, 5) is 7.75. The number of aromatic amines is 1. The van der Waals surface area contributed by atoms with E-state index in [9.17, 15) is 8.42 Å². The van der Waals surface area contributed by atoms with Gasteiger partial charge in [0, 0.05) is 49.8 Å². The number of aromatic nitrogens is 1. The summed E-state index contributed by atoms with van der Waals surface area (Å²) >= 11 is 0. The second-order valence-electron chi connectivity index (χ2n) is 7.47. The molecule has 1 aliphatic rings. The van der Waals surface area contributed by atoms with E-state index in [1.165, 1.54) is 22.0 Å². The van der Waals surface area contributed by atoms with Crippen molar-refractivity contribution < 1.29 is 8.42 Å². The molecule has 0 amide bonds. The number of piperidine rings is 1. The number of benzene rings is 1. The maximum absolute atomic E-state index is 12.0. The second-order valence-corrected chi connectivity index (χ2v) is 9.73. The zero-order valence-electron chi connectivity index (χ0n) is 18.1. The van der Waals surface area contributed by atoms with Crippen LogP contribution in [-0.4, -0.2) is 62.1 Å². The fraction of sp³-hybridized carbons (Fsp3) is 0.571. The van der Waals surface area contributed by atoms with Gasteiger partial charge < -0.3 is 15.6 Å². The summed E-state index contributed by atoms with van der Waals surface area (Å²) in [6.07, 6.45) is 5.61. The van der Waals surface area contributed by atoms with Gasteiger partial charge in [0.05, 0.1) is 5.75 Å². The minimum Gasteiger partial charge on any atom is -0.361 e. The molecule has 0 atom stereocenters. The predicted octanol–water partition coefficient (Wildman–Crippen LogP) is 2.87. The van der Waals surface area contributed by atoms with Crippen molar-refractivity contribution in [2.75, 3.05) is 32.4 Å². The Kier molecular flexibility index (Phi) is 9.42. The first-order valence-corrected chi connectivity index (χ1v) is 12.1. The number of hydrogen-bond acceptors (Lipinski definition) is 3. The molecule has 0 radical (unpaired) electrons. The lowest BCUT2D eigenvalue weighted by molar-refractivity contribution is 0.306. The second kappa shape index (κ2) is 11.3. The van der Waals surface area contributed by atoms with E-state index in [0.29, 0.717) is 13.1 Å². The number of para-hydroxylation sites is 1. The number of sulfonamides is 1. The third kappa shape index (κ3) is 5.88. The number of aliphatic imine (C=N–C) groups is 1. The highest BCUT2D eigenvalue weighted by Gasteiger charge is 2.26. The fourth-order valence-corrected chi connectivity index (χ4v) is 5.07.